The summed E-state index contributed by atoms with van der Waals surface area (Å²) < 4.78 is 18.1. The van der Waals surface area contributed by atoms with Gasteiger partial charge in [0.2, 0.25) is 0 Å². The minimum Gasteiger partial charge on any atom is -0.444 e. The molecule has 0 unspecified atom stereocenters. The van der Waals surface area contributed by atoms with Crippen molar-refractivity contribution in [1.29, 1.82) is 0 Å². The maximum absolute atomic E-state index is 12.3. The van der Waals surface area contributed by atoms with Gasteiger partial charge in [-0.1, -0.05) is 12.2 Å². The Bertz CT molecular complexity index is 669. The van der Waals surface area contributed by atoms with Crippen LogP contribution in [0.4, 0.5) is 4.79 Å². The van der Waals surface area contributed by atoms with Gasteiger partial charge >= 0.3 is 13.2 Å². The number of carbonyl (C=O) groups is 1. The van der Waals surface area contributed by atoms with E-state index in [2.05, 4.69) is 44.7 Å². The molecule has 0 bridgehead atoms. The van der Waals surface area contributed by atoms with Crippen LogP contribution in [0.2, 0.25) is 0 Å². The van der Waals surface area contributed by atoms with Crippen LogP contribution in [-0.2, 0) is 14.0 Å². The van der Waals surface area contributed by atoms with Crippen molar-refractivity contribution in [3.8, 4) is 0 Å². The lowest BCUT2D eigenvalue weighted by molar-refractivity contribution is 0.00578. The molecule has 2 aliphatic heterocycles. The Morgan fingerprint density at radius 1 is 1.03 bits per heavy atom. The number of nitrogens with zero attached hydrogens (tertiary/aromatic N) is 2. The first-order chi connectivity index (χ1) is 13.4. The smallest absolute Gasteiger partial charge is 0.444 e. The van der Waals surface area contributed by atoms with Gasteiger partial charge in [0.25, 0.3) is 0 Å². The summed E-state index contributed by atoms with van der Waals surface area (Å²) in [5.41, 5.74) is 1.34. The number of allylic oxidation sites excluding steroid dienone is 2. The van der Waals surface area contributed by atoms with Crippen LogP contribution in [0.1, 0.15) is 61.3 Å². The van der Waals surface area contributed by atoms with Gasteiger partial charge in [0.15, 0.2) is 0 Å². The molecular formula is C22H37BN2O4. The predicted octanol–water partition coefficient (Wildman–Crippen LogP) is 3.82. The fraction of sp³-hybridized carbons (Fsp3) is 0.773. The molecule has 0 radical (unpaired) electrons. The van der Waals surface area contributed by atoms with E-state index >= 15 is 0 Å². The average molecular weight is 404 g/mol. The van der Waals surface area contributed by atoms with E-state index in [9.17, 15) is 4.79 Å². The standard InChI is InChI=1S/C22H37BN2O4/c1-20(2,3)27-19(26)25-14-12-24(13-15-25)16-17-10-8-9-11-18(17)23-28-21(4,5)22(6,7)29-23/h10-11H,8-9,12-16H2,1-7H3. The predicted molar refractivity (Wildman–Crippen MR) is 116 cm³/mol. The SMILES string of the molecule is CC(C)(C)OC(=O)N1CCN(CC2=CCCC=C2B2OC(C)(C)C(C)(C)O2)CC1. The molecule has 3 rings (SSSR count). The van der Waals surface area contributed by atoms with Crippen molar-refractivity contribution in [3.63, 3.8) is 0 Å². The first kappa shape index (κ1) is 22.4. The third kappa shape index (κ3) is 5.25. The lowest BCUT2D eigenvalue weighted by Crippen LogP contribution is -2.50. The fourth-order valence-corrected chi connectivity index (χ4v) is 3.77. The van der Waals surface area contributed by atoms with Gasteiger partial charge in [0.05, 0.1) is 11.2 Å². The molecule has 6 nitrogen and oxygen atoms in total. The minimum absolute atomic E-state index is 0.216. The van der Waals surface area contributed by atoms with E-state index in [0.29, 0.717) is 13.1 Å². The highest BCUT2D eigenvalue weighted by molar-refractivity contribution is 6.56. The van der Waals surface area contributed by atoms with Crippen molar-refractivity contribution in [2.75, 3.05) is 32.7 Å². The van der Waals surface area contributed by atoms with Crippen molar-refractivity contribution in [1.82, 2.24) is 9.80 Å². The second-order valence-electron chi connectivity index (χ2n) is 10.3. The van der Waals surface area contributed by atoms with E-state index in [4.69, 9.17) is 14.0 Å². The topological polar surface area (TPSA) is 51.2 Å². The average Bonchev–Trinajstić information content (AvgIpc) is 2.82. The van der Waals surface area contributed by atoms with Gasteiger partial charge in [0.1, 0.15) is 5.60 Å². The summed E-state index contributed by atoms with van der Waals surface area (Å²) in [5, 5.41) is 0. The Balaban J connectivity index is 1.57. The Morgan fingerprint density at radius 3 is 2.14 bits per heavy atom. The molecule has 162 valence electrons. The summed E-state index contributed by atoms with van der Waals surface area (Å²) in [6.45, 7) is 18.0. The largest absolute Gasteiger partial charge is 0.494 e. The Labute approximate surface area is 176 Å². The highest BCUT2D eigenvalue weighted by Crippen LogP contribution is 2.40. The van der Waals surface area contributed by atoms with Gasteiger partial charge in [-0.15, -0.1) is 0 Å². The lowest BCUT2D eigenvalue weighted by Gasteiger charge is -2.36. The molecule has 2 fully saturated rings. The van der Waals surface area contributed by atoms with Gasteiger partial charge in [-0.3, -0.25) is 4.90 Å². The van der Waals surface area contributed by atoms with Gasteiger partial charge in [-0.05, 0) is 72.4 Å². The van der Waals surface area contributed by atoms with Crippen molar-refractivity contribution in [3.05, 3.63) is 23.2 Å². The molecule has 1 amide bonds. The van der Waals surface area contributed by atoms with Crippen molar-refractivity contribution in [2.24, 2.45) is 0 Å². The summed E-state index contributed by atoms with van der Waals surface area (Å²) in [5.74, 6) is 0. The van der Waals surface area contributed by atoms with Crippen molar-refractivity contribution < 1.29 is 18.8 Å². The van der Waals surface area contributed by atoms with Crippen LogP contribution in [0, 0.1) is 0 Å². The molecule has 0 spiro atoms. The van der Waals surface area contributed by atoms with Gasteiger partial charge in [-0.2, -0.15) is 0 Å². The van der Waals surface area contributed by atoms with Gasteiger partial charge in [-0.25, -0.2) is 4.79 Å². The summed E-state index contributed by atoms with van der Waals surface area (Å²) in [6, 6.07) is 0. The Kier molecular flexibility index (Phi) is 6.24. The summed E-state index contributed by atoms with van der Waals surface area (Å²) >= 11 is 0. The number of amides is 1. The number of rotatable bonds is 3. The molecule has 0 N–H and O–H groups in total. The normalized spacial score (nSPS) is 24.9. The van der Waals surface area contributed by atoms with Crippen LogP contribution in [-0.4, -0.2) is 72.5 Å². The van der Waals surface area contributed by atoms with Crippen LogP contribution in [0.25, 0.3) is 0 Å². The molecule has 2 saturated heterocycles. The van der Waals surface area contributed by atoms with E-state index in [1.807, 2.05) is 25.7 Å². The van der Waals surface area contributed by atoms with E-state index in [1.165, 1.54) is 11.0 Å². The number of ether oxygens (including phenoxy) is 1. The van der Waals surface area contributed by atoms with Crippen LogP contribution >= 0.6 is 0 Å². The molecular weight excluding hydrogens is 367 g/mol. The van der Waals surface area contributed by atoms with Crippen LogP contribution in [0.5, 0.6) is 0 Å². The zero-order valence-electron chi connectivity index (χ0n) is 19.2. The third-order valence-corrected chi connectivity index (χ3v) is 6.22. The molecule has 0 atom stereocenters. The third-order valence-electron chi connectivity index (χ3n) is 6.22. The molecule has 0 aromatic heterocycles. The summed E-state index contributed by atoms with van der Waals surface area (Å²) in [7, 11) is -0.311. The highest BCUT2D eigenvalue weighted by atomic mass is 16.7. The van der Waals surface area contributed by atoms with E-state index in [0.717, 1.165) is 32.5 Å². The van der Waals surface area contributed by atoms with E-state index in [-0.39, 0.29) is 24.4 Å². The summed E-state index contributed by atoms with van der Waals surface area (Å²) in [6.07, 6.45) is 6.45. The van der Waals surface area contributed by atoms with E-state index < -0.39 is 5.60 Å². The second-order valence-corrected chi connectivity index (χ2v) is 10.3. The molecule has 0 aromatic carbocycles. The number of hydrogen-bond donors (Lipinski definition) is 0. The number of hydrogen-bond acceptors (Lipinski definition) is 5. The Hall–Kier alpha value is -1.31. The van der Waals surface area contributed by atoms with Crippen molar-refractivity contribution in [2.45, 2.75) is 78.1 Å². The zero-order valence-corrected chi connectivity index (χ0v) is 19.2. The minimum atomic E-state index is -0.455. The molecule has 7 heteroatoms. The maximum Gasteiger partial charge on any atom is 0.494 e. The molecule has 1 aliphatic carbocycles. The monoisotopic (exact) mass is 404 g/mol. The van der Waals surface area contributed by atoms with Crippen LogP contribution in [0.3, 0.4) is 0 Å². The number of carbonyl (C=O) groups excluding carboxylic acids is 1. The quantitative estimate of drug-likeness (QED) is 0.670. The Morgan fingerprint density at radius 2 is 1.59 bits per heavy atom. The molecule has 29 heavy (non-hydrogen) atoms. The van der Waals surface area contributed by atoms with Gasteiger partial charge in [0, 0.05) is 32.7 Å². The first-order valence-electron chi connectivity index (χ1n) is 10.8. The molecule has 0 saturated carbocycles. The number of piperazine rings is 1. The van der Waals surface area contributed by atoms with Gasteiger partial charge < -0.3 is 18.9 Å². The highest BCUT2D eigenvalue weighted by Gasteiger charge is 2.52. The fourth-order valence-electron chi connectivity index (χ4n) is 3.77. The first-order valence-corrected chi connectivity index (χ1v) is 10.8. The second kappa shape index (κ2) is 8.08. The zero-order chi connectivity index (χ0) is 21.4. The van der Waals surface area contributed by atoms with Crippen LogP contribution < -0.4 is 0 Å². The van der Waals surface area contributed by atoms with Crippen LogP contribution in [0.15, 0.2) is 23.2 Å². The molecule has 0 aromatic rings. The van der Waals surface area contributed by atoms with E-state index in [1.54, 1.807) is 0 Å². The molecule has 2 heterocycles. The maximum atomic E-state index is 12.3. The van der Waals surface area contributed by atoms with Crippen molar-refractivity contribution >= 4 is 13.2 Å². The molecule has 3 aliphatic rings. The lowest BCUT2D eigenvalue weighted by atomic mass is 9.71. The summed E-state index contributed by atoms with van der Waals surface area (Å²) in [4.78, 5) is 16.5.